The maximum atomic E-state index is 5.08. The molecule has 2 heteroatoms. The third-order valence-electron chi connectivity index (χ3n) is 13.4. The minimum absolute atomic E-state index is 0.506. The Morgan fingerprint density at radius 3 is 1.09 bits per heavy atom. The van der Waals surface area contributed by atoms with Crippen LogP contribution >= 0.6 is 0 Å². The van der Waals surface area contributed by atoms with Crippen LogP contribution in [0.2, 0.25) is 0 Å². The van der Waals surface area contributed by atoms with Crippen molar-refractivity contribution in [1.29, 1.82) is 0 Å². The minimum Gasteiger partial charge on any atom is -0.228 e. The van der Waals surface area contributed by atoms with Crippen molar-refractivity contribution in [3.63, 3.8) is 0 Å². The first-order chi connectivity index (χ1) is 33.2. The average Bonchev–Trinajstić information content (AvgIpc) is 3.72. The van der Waals surface area contributed by atoms with Crippen molar-refractivity contribution in [2.45, 2.75) is 5.41 Å². The van der Waals surface area contributed by atoms with Gasteiger partial charge in [-0.2, -0.15) is 0 Å². The zero-order valence-corrected chi connectivity index (χ0v) is 36.8. The van der Waals surface area contributed by atoms with Gasteiger partial charge in [0.25, 0.3) is 0 Å². The molecule has 0 radical (unpaired) electrons. The van der Waals surface area contributed by atoms with Gasteiger partial charge in [0.05, 0.1) is 16.8 Å². The Bertz CT molecular complexity index is 3400. The number of fused-ring (bicyclic) bond motifs is 3. The third kappa shape index (κ3) is 7.17. The Morgan fingerprint density at radius 2 is 0.582 bits per heavy atom. The molecule has 0 aliphatic heterocycles. The first-order valence-corrected chi connectivity index (χ1v) is 23.0. The van der Waals surface area contributed by atoms with Gasteiger partial charge in [0, 0.05) is 16.7 Å². The van der Waals surface area contributed by atoms with Crippen LogP contribution in [0, 0.1) is 0 Å². The van der Waals surface area contributed by atoms with Gasteiger partial charge in [-0.25, -0.2) is 9.97 Å². The second-order valence-corrected chi connectivity index (χ2v) is 17.3. The lowest BCUT2D eigenvalue weighted by molar-refractivity contribution is 0.769. The van der Waals surface area contributed by atoms with Gasteiger partial charge in [-0.15, -0.1) is 0 Å². The van der Waals surface area contributed by atoms with Crippen LogP contribution in [0.4, 0.5) is 0 Å². The number of aromatic nitrogens is 2. The molecule has 1 aromatic heterocycles. The number of rotatable bonds is 9. The third-order valence-corrected chi connectivity index (χ3v) is 13.4. The fraction of sp³-hybridized carbons (Fsp3) is 0.0154. The quantitative estimate of drug-likeness (QED) is 0.145. The van der Waals surface area contributed by atoms with E-state index in [1.54, 1.807) is 0 Å². The summed E-state index contributed by atoms with van der Waals surface area (Å²) in [5.41, 5.74) is 21.5. The summed E-state index contributed by atoms with van der Waals surface area (Å²) in [7, 11) is 0. The minimum atomic E-state index is -0.506. The van der Waals surface area contributed by atoms with Crippen molar-refractivity contribution in [2.24, 2.45) is 0 Å². The standard InChI is InChI=1S/C65H44N2/c1-6-18-45(19-7-1)46-30-36-49(37-31-46)57-42-59-56-28-16-17-29-60(56)65(54-24-12-4-13-25-54,55-26-14-5-15-27-55)61(59)43-58(57)50-38-32-47(33-39-50)48-34-40-52(41-35-48)63-44-62(51-20-8-2-9-21-51)66-64(67-63)53-22-10-3-11-23-53/h1-44H. The number of benzene rings is 10. The van der Waals surface area contributed by atoms with Gasteiger partial charge < -0.3 is 0 Å². The Hall–Kier alpha value is -8.72. The maximum absolute atomic E-state index is 5.08. The molecule has 2 nitrogen and oxygen atoms in total. The predicted molar refractivity (Wildman–Crippen MR) is 277 cm³/mol. The summed E-state index contributed by atoms with van der Waals surface area (Å²) in [6, 6.07) is 96.3. The van der Waals surface area contributed by atoms with Crippen LogP contribution in [0.15, 0.2) is 267 Å². The molecule has 67 heavy (non-hydrogen) atoms. The summed E-state index contributed by atoms with van der Waals surface area (Å²) in [6.07, 6.45) is 0. The molecule has 0 unspecified atom stereocenters. The Kier molecular flexibility index (Phi) is 10.1. The SMILES string of the molecule is c1ccc(-c2ccc(-c3cc4c(cc3-c3ccc(-c5ccc(-c6cc(-c7ccccc7)nc(-c7ccccc7)n6)cc5)cc3)C(c3ccccc3)(c3ccccc3)c3ccccc3-4)cc2)cc1. The largest absolute Gasteiger partial charge is 0.228 e. The highest BCUT2D eigenvalue weighted by atomic mass is 14.9. The summed E-state index contributed by atoms with van der Waals surface area (Å²) in [4.78, 5) is 10.1. The molecule has 314 valence electrons. The monoisotopic (exact) mass is 852 g/mol. The normalized spacial score (nSPS) is 12.3. The maximum Gasteiger partial charge on any atom is 0.160 e. The topological polar surface area (TPSA) is 25.8 Å². The molecule has 0 bridgehead atoms. The molecule has 1 aliphatic rings. The van der Waals surface area contributed by atoms with Crippen LogP contribution in [0.25, 0.3) is 89.5 Å². The zero-order chi connectivity index (χ0) is 44.6. The second-order valence-electron chi connectivity index (χ2n) is 17.3. The fourth-order valence-corrected chi connectivity index (χ4v) is 10.2. The summed E-state index contributed by atoms with van der Waals surface area (Å²) in [5, 5.41) is 0. The molecule has 10 aromatic carbocycles. The first-order valence-electron chi connectivity index (χ1n) is 23.0. The number of hydrogen-bond acceptors (Lipinski definition) is 2. The van der Waals surface area contributed by atoms with E-state index in [0.29, 0.717) is 5.82 Å². The Balaban J connectivity index is 0.973. The van der Waals surface area contributed by atoms with Gasteiger partial charge in [-0.05, 0) is 96.1 Å². The van der Waals surface area contributed by atoms with E-state index < -0.39 is 5.41 Å². The van der Waals surface area contributed by atoms with Crippen LogP contribution in [0.1, 0.15) is 22.3 Å². The smallest absolute Gasteiger partial charge is 0.160 e. The van der Waals surface area contributed by atoms with E-state index in [1.807, 2.05) is 24.3 Å². The molecule has 0 spiro atoms. The van der Waals surface area contributed by atoms with E-state index in [-0.39, 0.29) is 0 Å². The fourth-order valence-electron chi connectivity index (χ4n) is 10.2. The van der Waals surface area contributed by atoms with Gasteiger partial charge in [-0.1, -0.05) is 249 Å². The molecule has 0 saturated heterocycles. The molecular weight excluding hydrogens is 809 g/mol. The van der Waals surface area contributed by atoms with Gasteiger partial charge >= 0.3 is 0 Å². The van der Waals surface area contributed by atoms with Crippen molar-refractivity contribution in [1.82, 2.24) is 9.97 Å². The van der Waals surface area contributed by atoms with Crippen molar-refractivity contribution < 1.29 is 0 Å². The van der Waals surface area contributed by atoms with Gasteiger partial charge in [0.15, 0.2) is 5.82 Å². The molecule has 0 N–H and O–H groups in total. The van der Waals surface area contributed by atoms with E-state index in [0.717, 1.165) is 39.2 Å². The Morgan fingerprint density at radius 1 is 0.224 bits per heavy atom. The van der Waals surface area contributed by atoms with Crippen LogP contribution in [-0.2, 0) is 5.41 Å². The number of nitrogens with zero attached hydrogens (tertiary/aromatic N) is 2. The predicted octanol–water partition coefficient (Wildman–Crippen LogP) is 16.5. The zero-order valence-electron chi connectivity index (χ0n) is 36.8. The van der Waals surface area contributed by atoms with Crippen molar-refractivity contribution in [3.05, 3.63) is 289 Å². The van der Waals surface area contributed by atoms with Crippen LogP contribution in [-0.4, -0.2) is 9.97 Å². The lowest BCUT2D eigenvalue weighted by Crippen LogP contribution is -2.28. The van der Waals surface area contributed by atoms with Crippen LogP contribution in [0.3, 0.4) is 0 Å². The molecule has 11 aromatic rings. The summed E-state index contributed by atoms with van der Waals surface area (Å²) < 4.78 is 0. The molecule has 0 atom stereocenters. The molecule has 0 saturated carbocycles. The van der Waals surface area contributed by atoms with Crippen LogP contribution < -0.4 is 0 Å². The highest BCUT2D eigenvalue weighted by Gasteiger charge is 2.46. The lowest BCUT2D eigenvalue weighted by atomic mass is 9.67. The summed E-state index contributed by atoms with van der Waals surface area (Å²) in [5.74, 6) is 0.711. The number of hydrogen-bond donors (Lipinski definition) is 0. The van der Waals surface area contributed by atoms with Crippen molar-refractivity contribution in [3.8, 4) is 89.5 Å². The first kappa shape index (κ1) is 39.8. The van der Waals surface area contributed by atoms with E-state index in [4.69, 9.17) is 9.97 Å². The van der Waals surface area contributed by atoms with E-state index in [1.165, 1.54) is 66.8 Å². The highest BCUT2D eigenvalue weighted by Crippen LogP contribution is 2.58. The molecule has 1 aliphatic carbocycles. The summed E-state index contributed by atoms with van der Waals surface area (Å²) >= 11 is 0. The van der Waals surface area contributed by atoms with Gasteiger partial charge in [0.1, 0.15) is 0 Å². The molecule has 1 heterocycles. The Labute approximate surface area is 392 Å². The molecule has 0 amide bonds. The molecular formula is C65H44N2. The van der Waals surface area contributed by atoms with Crippen molar-refractivity contribution in [2.75, 3.05) is 0 Å². The van der Waals surface area contributed by atoms with Crippen LogP contribution in [0.5, 0.6) is 0 Å². The van der Waals surface area contributed by atoms with E-state index in [9.17, 15) is 0 Å². The van der Waals surface area contributed by atoms with Crippen molar-refractivity contribution >= 4 is 0 Å². The van der Waals surface area contributed by atoms with Gasteiger partial charge in [-0.3, -0.25) is 0 Å². The molecule has 12 rings (SSSR count). The van der Waals surface area contributed by atoms with Gasteiger partial charge in [0.2, 0.25) is 0 Å². The molecule has 0 fully saturated rings. The van der Waals surface area contributed by atoms with E-state index in [2.05, 4.69) is 243 Å². The summed E-state index contributed by atoms with van der Waals surface area (Å²) in [6.45, 7) is 0. The average molecular weight is 853 g/mol. The second kappa shape index (κ2) is 17.0. The van der Waals surface area contributed by atoms with E-state index >= 15 is 0 Å². The highest BCUT2D eigenvalue weighted by molar-refractivity contribution is 5.95. The lowest BCUT2D eigenvalue weighted by Gasteiger charge is -2.34.